The van der Waals surface area contributed by atoms with Crippen LogP contribution in [0.4, 0.5) is 8.78 Å². The van der Waals surface area contributed by atoms with E-state index in [4.69, 9.17) is 16.3 Å². The summed E-state index contributed by atoms with van der Waals surface area (Å²) in [5.41, 5.74) is -0.0997. The van der Waals surface area contributed by atoms with Gasteiger partial charge >= 0.3 is 5.97 Å². The molecule has 2 aromatic carbocycles. The molecule has 0 spiro atoms. The zero-order valence-corrected chi connectivity index (χ0v) is 16.0. The van der Waals surface area contributed by atoms with Crippen LogP contribution < -0.4 is 10.1 Å². The van der Waals surface area contributed by atoms with E-state index in [0.29, 0.717) is 5.75 Å². The van der Waals surface area contributed by atoms with Gasteiger partial charge in [-0.25, -0.2) is 0 Å². The molecule has 0 bridgehead atoms. The predicted molar refractivity (Wildman–Crippen MR) is 105 cm³/mol. The highest BCUT2D eigenvalue weighted by Gasteiger charge is 2.32. The van der Waals surface area contributed by atoms with Gasteiger partial charge in [-0.15, -0.1) is 0 Å². The molecule has 150 valence electrons. The quantitative estimate of drug-likeness (QED) is 0.564. The molecule has 0 radical (unpaired) electrons. The lowest BCUT2D eigenvalue weighted by atomic mass is 10.1. The number of ether oxygens (including phenoxy) is 1. The molecule has 1 N–H and O–H groups in total. The molecule has 5 nitrogen and oxygen atoms in total. The van der Waals surface area contributed by atoms with Crippen LogP contribution in [-0.2, 0) is 15.5 Å². The molecule has 1 heterocycles. The number of amidine groups is 1. The van der Waals surface area contributed by atoms with Gasteiger partial charge in [0, 0.05) is 11.3 Å². The third kappa shape index (κ3) is 5.48. The minimum atomic E-state index is -3.20. The van der Waals surface area contributed by atoms with E-state index in [1.54, 1.807) is 36.4 Å². The van der Waals surface area contributed by atoms with Crippen molar-refractivity contribution in [2.24, 2.45) is 4.99 Å². The fourth-order valence-electron chi connectivity index (χ4n) is 2.66. The van der Waals surface area contributed by atoms with E-state index in [9.17, 15) is 18.4 Å². The zero-order chi connectivity index (χ0) is 20.9. The number of para-hydroxylation sites is 1. The van der Waals surface area contributed by atoms with Crippen molar-refractivity contribution >= 4 is 29.2 Å². The van der Waals surface area contributed by atoms with Gasteiger partial charge in [-0.1, -0.05) is 60.1 Å². The Morgan fingerprint density at radius 2 is 1.72 bits per heavy atom. The van der Waals surface area contributed by atoms with Crippen molar-refractivity contribution in [3.8, 4) is 5.75 Å². The summed E-state index contributed by atoms with van der Waals surface area (Å²) in [5, 5.41) is 2.55. The van der Waals surface area contributed by atoms with E-state index in [0.717, 1.165) is 0 Å². The normalized spacial score (nSPS) is 16.0. The highest BCUT2D eigenvalue weighted by atomic mass is 35.5. The van der Waals surface area contributed by atoms with Gasteiger partial charge in [0.1, 0.15) is 23.2 Å². The zero-order valence-electron chi connectivity index (χ0n) is 15.2. The summed E-state index contributed by atoms with van der Waals surface area (Å²) >= 11 is 5.99. The predicted octanol–water partition coefficient (Wildman–Crippen LogP) is 4.19. The number of nitrogens with zero attached hydrogens (tertiary/aromatic N) is 1. The summed E-state index contributed by atoms with van der Waals surface area (Å²) in [7, 11) is 0. The molecule has 0 unspecified atom stereocenters. The van der Waals surface area contributed by atoms with Crippen LogP contribution in [0.15, 0.2) is 76.4 Å². The molecule has 0 aliphatic carbocycles. The molecule has 1 aliphatic rings. The Bertz CT molecular complexity index is 960. The number of Topliss-reactive ketones (excluding diaryl/α,β-unsaturated/α-hetero) is 1. The molecule has 29 heavy (non-hydrogen) atoms. The number of nitrogens with one attached hydrogen (secondary N) is 1. The van der Waals surface area contributed by atoms with E-state index < -0.39 is 24.2 Å². The maximum Gasteiger partial charge on any atom is 0.317 e. The number of aliphatic imine (C=N–C) groups is 1. The summed E-state index contributed by atoms with van der Waals surface area (Å²) in [6, 6.07) is 15.7. The Morgan fingerprint density at radius 1 is 1.10 bits per heavy atom. The van der Waals surface area contributed by atoms with Gasteiger partial charge in [-0.3, -0.25) is 14.6 Å². The van der Waals surface area contributed by atoms with Crippen molar-refractivity contribution in [1.29, 1.82) is 0 Å². The van der Waals surface area contributed by atoms with Gasteiger partial charge in [0.05, 0.1) is 12.8 Å². The largest absolute Gasteiger partial charge is 0.426 e. The van der Waals surface area contributed by atoms with E-state index in [-0.39, 0.29) is 35.0 Å². The number of hydrogen-bond acceptors (Lipinski definition) is 4. The fourth-order valence-corrected chi connectivity index (χ4v) is 2.84. The first kappa shape index (κ1) is 20.7. The smallest absolute Gasteiger partial charge is 0.317 e. The molecule has 0 amide bonds. The van der Waals surface area contributed by atoms with E-state index in [2.05, 4.69) is 10.3 Å². The van der Waals surface area contributed by atoms with Crippen LogP contribution in [0.2, 0.25) is 0 Å². The first-order chi connectivity index (χ1) is 13.8. The number of carbonyl (C=O) groups is 2. The molecule has 0 aromatic heterocycles. The Morgan fingerprint density at radius 3 is 2.38 bits per heavy atom. The lowest BCUT2D eigenvalue weighted by Crippen LogP contribution is -2.35. The maximum absolute atomic E-state index is 14.3. The number of ketones is 1. The first-order valence-corrected chi connectivity index (χ1v) is 9.14. The minimum absolute atomic E-state index is 0.0255. The molecule has 8 heteroatoms. The fraction of sp³-hybridized carbons (Fsp3) is 0.190. The van der Waals surface area contributed by atoms with Crippen LogP contribution in [0.25, 0.3) is 0 Å². The van der Waals surface area contributed by atoms with Crippen molar-refractivity contribution in [1.82, 2.24) is 5.32 Å². The Labute approximate surface area is 171 Å². The first-order valence-electron chi connectivity index (χ1n) is 8.76. The Balaban J connectivity index is 1.68. The van der Waals surface area contributed by atoms with Crippen molar-refractivity contribution in [3.05, 3.63) is 77.0 Å². The summed E-state index contributed by atoms with van der Waals surface area (Å²) in [6.07, 6.45) is -0.575. The molecule has 0 fully saturated rings. The molecular weight excluding hydrogens is 402 g/mol. The molecule has 0 atom stereocenters. The van der Waals surface area contributed by atoms with E-state index >= 15 is 0 Å². The summed E-state index contributed by atoms with van der Waals surface area (Å²) in [5.74, 6) is -3.99. The number of benzene rings is 2. The second kappa shape index (κ2) is 8.96. The molecular formula is C21H17ClF2N2O3. The van der Waals surface area contributed by atoms with E-state index in [1.165, 1.54) is 24.3 Å². The SMILES string of the molecule is O=C(CC1=C(Cl)C(=O)CC(=NCC(F)(F)c2ccccc2)N1)Oc1ccccc1. The highest BCUT2D eigenvalue weighted by molar-refractivity contribution is 6.45. The molecule has 0 saturated carbocycles. The van der Waals surface area contributed by atoms with Crippen LogP contribution in [-0.4, -0.2) is 24.1 Å². The second-order valence-corrected chi connectivity index (χ2v) is 6.69. The van der Waals surface area contributed by atoms with Crippen LogP contribution in [0.5, 0.6) is 5.75 Å². The number of alkyl halides is 2. The number of esters is 1. The Kier molecular flexibility index (Phi) is 6.39. The summed E-state index contributed by atoms with van der Waals surface area (Å²) < 4.78 is 33.8. The number of rotatable bonds is 6. The lowest BCUT2D eigenvalue weighted by molar-refractivity contribution is -0.133. The van der Waals surface area contributed by atoms with Crippen LogP contribution in [0, 0.1) is 0 Å². The van der Waals surface area contributed by atoms with E-state index in [1.807, 2.05) is 0 Å². The van der Waals surface area contributed by atoms with Crippen LogP contribution >= 0.6 is 11.6 Å². The lowest BCUT2D eigenvalue weighted by Gasteiger charge is -2.21. The van der Waals surface area contributed by atoms with Crippen molar-refractivity contribution in [2.45, 2.75) is 18.8 Å². The number of allylic oxidation sites excluding steroid dienone is 1. The van der Waals surface area contributed by atoms with Gasteiger partial charge in [-0.05, 0) is 12.1 Å². The van der Waals surface area contributed by atoms with Gasteiger partial charge in [0.25, 0.3) is 5.92 Å². The number of carbonyl (C=O) groups excluding carboxylic acids is 2. The third-order valence-corrected chi connectivity index (χ3v) is 4.53. The Hall–Kier alpha value is -3.06. The van der Waals surface area contributed by atoms with Crippen LogP contribution in [0.3, 0.4) is 0 Å². The number of halogens is 3. The minimum Gasteiger partial charge on any atom is -0.426 e. The number of hydrogen-bond donors (Lipinski definition) is 1. The molecule has 2 aromatic rings. The maximum atomic E-state index is 14.3. The van der Waals surface area contributed by atoms with Gasteiger partial charge < -0.3 is 10.1 Å². The third-order valence-electron chi connectivity index (χ3n) is 4.09. The van der Waals surface area contributed by atoms with Crippen LogP contribution in [0.1, 0.15) is 18.4 Å². The van der Waals surface area contributed by atoms with Crippen molar-refractivity contribution in [2.75, 3.05) is 6.54 Å². The average molecular weight is 419 g/mol. The summed E-state index contributed by atoms with van der Waals surface area (Å²) in [6.45, 7) is -0.841. The standard InChI is InChI=1S/C21H17ClF2N2O3/c22-20-16(11-19(28)29-15-9-5-2-6-10-15)26-18(12-17(20)27)25-13-21(23,24)14-7-3-1-4-8-14/h1-10H,11-13H2,(H,25,26). The van der Waals surface area contributed by atoms with Crippen molar-refractivity contribution in [3.63, 3.8) is 0 Å². The molecule has 0 saturated heterocycles. The van der Waals surface area contributed by atoms with Gasteiger partial charge in [-0.2, -0.15) is 8.78 Å². The van der Waals surface area contributed by atoms with Gasteiger partial charge in [0.15, 0.2) is 5.78 Å². The monoisotopic (exact) mass is 418 g/mol. The van der Waals surface area contributed by atoms with Crippen molar-refractivity contribution < 1.29 is 23.1 Å². The molecule has 1 aliphatic heterocycles. The highest BCUT2D eigenvalue weighted by Crippen LogP contribution is 2.28. The topological polar surface area (TPSA) is 67.8 Å². The van der Waals surface area contributed by atoms with Gasteiger partial charge in [0.2, 0.25) is 0 Å². The second-order valence-electron chi connectivity index (χ2n) is 6.31. The summed E-state index contributed by atoms with van der Waals surface area (Å²) in [4.78, 5) is 28.1. The average Bonchev–Trinajstić information content (AvgIpc) is 2.71. The molecule has 3 rings (SSSR count).